The van der Waals surface area contributed by atoms with E-state index < -0.39 is 17.1 Å². The molecule has 0 atom stereocenters. The first kappa shape index (κ1) is 23.4. The molecule has 1 aromatic heterocycles. The third kappa shape index (κ3) is 7.51. The largest absolute Gasteiger partial charge is 0.336 e. The first-order valence-electron chi connectivity index (χ1n) is 10.4. The van der Waals surface area contributed by atoms with Crippen molar-refractivity contribution in [2.75, 3.05) is 0 Å². The van der Waals surface area contributed by atoms with Gasteiger partial charge >= 0.3 is 17.1 Å². The van der Waals surface area contributed by atoms with Crippen LogP contribution in [0.15, 0.2) is 14.4 Å². The fourth-order valence-corrected chi connectivity index (χ4v) is 3.13. The van der Waals surface area contributed by atoms with E-state index in [9.17, 15) is 14.4 Å². The predicted octanol–water partition coefficient (Wildman–Crippen LogP) is 3.36. The van der Waals surface area contributed by atoms with E-state index in [1.54, 1.807) is 0 Å². The molecule has 27 heavy (non-hydrogen) atoms. The molecule has 0 fully saturated rings. The van der Waals surface area contributed by atoms with Gasteiger partial charge in [-0.2, -0.15) is 0 Å². The number of hydrogen-bond acceptors (Lipinski definition) is 3. The predicted molar refractivity (Wildman–Crippen MR) is 111 cm³/mol. The van der Waals surface area contributed by atoms with Gasteiger partial charge in [0.25, 0.3) is 0 Å². The summed E-state index contributed by atoms with van der Waals surface area (Å²) in [5.74, 6) is 0. The molecule has 153 valence electrons. The zero-order valence-electron chi connectivity index (χ0n) is 16.8. The van der Waals surface area contributed by atoms with Crippen molar-refractivity contribution in [2.45, 2.75) is 96.7 Å². The second-order valence-corrected chi connectivity index (χ2v) is 7.05. The highest BCUT2D eigenvalue weighted by molar-refractivity contribution is 4.79. The summed E-state index contributed by atoms with van der Waals surface area (Å²) >= 11 is 0. The van der Waals surface area contributed by atoms with Crippen molar-refractivity contribution in [3.05, 3.63) is 52.2 Å². The van der Waals surface area contributed by atoms with Crippen LogP contribution in [0.2, 0.25) is 0 Å². The maximum absolute atomic E-state index is 12.7. The molecule has 0 aromatic carbocycles. The van der Waals surface area contributed by atoms with Crippen molar-refractivity contribution in [1.29, 1.82) is 0 Å². The van der Waals surface area contributed by atoms with Crippen molar-refractivity contribution >= 4 is 0 Å². The van der Waals surface area contributed by atoms with Crippen LogP contribution in [0.4, 0.5) is 0 Å². The van der Waals surface area contributed by atoms with Crippen LogP contribution >= 0.6 is 0 Å². The highest BCUT2D eigenvalue weighted by Gasteiger charge is 2.14. The summed E-state index contributed by atoms with van der Waals surface area (Å²) in [6, 6.07) is 0. The summed E-state index contributed by atoms with van der Waals surface area (Å²) in [6.45, 7) is 12.5. The lowest BCUT2D eigenvalue weighted by Gasteiger charge is -2.14. The lowest BCUT2D eigenvalue weighted by molar-refractivity contribution is 0.415. The van der Waals surface area contributed by atoms with Crippen molar-refractivity contribution < 1.29 is 0 Å². The SMILES string of the molecule is [CH2]CCCCCn1c(=O)n(CCCCC[CH2])c(=O)n(CCCCC[CH2])c1=O. The van der Waals surface area contributed by atoms with Crippen LogP contribution in [0.5, 0.6) is 0 Å². The van der Waals surface area contributed by atoms with Gasteiger partial charge in [-0.1, -0.05) is 78.6 Å². The van der Waals surface area contributed by atoms with E-state index in [0.717, 1.165) is 77.0 Å². The van der Waals surface area contributed by atoms with Crippen molar-refractivity contribution in [2.24, 2.45) is 0 Å². The molecule has 1 aromatic rings. The van der Waals surface area contributed by atoms with E-state index in [2.05, 4.69) is 20.8 Å². The van der Waals surface area contributed by atoms with Gasteiger partial charge in [0.2, 0.25) is 0 Å². The number of rotatable bonds is 15. The summed E-state index contributed by atoms with van der Waals surface area (Å²) in [5, 5.41) is 0. The van der Waals surface area contributed by atoms with E-state index in [-0.39, 0.29) is 0 Å². The molecule has 0 bridgehead atoms. The van der Waals surface area contributed by atoms with E-state index in [0.29, 0.717) is 19.6 Å². The molecule has 1 rings (SSSR count). The minimum absolute atomic E-state index is 0.357. The molecule has 0 aliphatic carbocycles. The van der Waals surface area contributed by atoms with E-state index >= 15 is 0 Å². The van der Waals surface area contributed by atoms with Crippen molar-refractivity contribution in [3.63, 3.8) is 0 Å². The molecule has 0 saturated carbocycles. The molecule has 0 spiro atoms. The van der Waals surface area contributed by atoms with Crippen LogP contribution in [0.1, 0.15) is 77.0 Å². The van der Waals surface area contributed by atoms with Crippen molar-refractivity contribution in [1.82, 2.24) is 13.7 Å². The molecule has 0 N–H and O–H groups in total. The number of aromatic nitrogens is 3. The maximum atomic E-state index is 12.7. The Morgan fingerprint density at radius 1 is 0.444 bits per heavy atom. The molecule has 0 aliphatic heterocycles. The Balaban J connectivity index is 3.09. The Kier molecular flexibility index (Phi) is 11.8. The van der Waals surface area contributed by atoms with Gasteiger partial charge in [-0.05, 0) is 19.3 Å². The second-order valence-electron chi connectivity index (χ2n) is 7.05. The van der Waals surface area contributed by atoms with E-state index in [4.69, 9.17) is 0 Å². The van der Waals surface area contributed by atoms with Crippen LogP contribution in [0.25, 0.3) is 0 Å². The third-order valence-electron chi connectivity index (χ3n) is 4.78. The van der Waals surface area contributed by atoms with Gasteiger partial charge in [-0.3, -0.25) is 0 Å². The smallest absolute Gasteiger partial charge is 0.247 e. The Hall–Kier alpha value is -1.59. The fourth-order valence-electron chi connectivity index (χ4n) is 3.13. The summed E-state index contributed by atoms with van der Waals surface area (Å²) in [7, 11) is 0. The van der Waals surface area contributed by atoms with Crippen LogP contribution in [-0.4, -0.2) is 13.7 Å². The summed E-state index contributed by atoms with van der Waals surface area (Å²) in [6.07, 6.45) is 10.4. The molecule has 0 amide bonds. The molecular weight excluding hydrogens is 342 g/mol. The molecule has 0 saturated heterocycles. The second kappa shape index (κ2) is 13.6. The lowest BCUT2D eigenvalue weighted by Crippen LogP contribution is -2.54. The topological polar surface area (TPSA) is 66.0 Å². The summed E-state index contributed by atoms with van der Waals surface area (Å²) in [5.41, 5.74) is -1.41. The minimum atomic E-state index is -0.469. The van der Waals surface area contributed by atoms with Gasteiger partial charge in [0.05, 0.1) is 0 Å². The summed E-state index contributed by atoms with van der Waals surface area (Å²) in [4.78, 5) is 38.2. The van der Waals surface area contributed by atoms with Gasteiger partial charge in [0.15, 0.2) is 0 Å². The van der Waals surface area contributed by atoms with Gasteiger partial charge < -0.3 is 0 Å². The van der Waals surface area contributed by atoms with Crippen LogP contribution in [0, 0.1) is 20.8 Å². The van der Waals surface area contributed by atoms with E-state index in [1.807, 2.05) is 0 Å². The van der Waals surface area contributed by atoms with Crippen LogP contribution in [-0.2, 0) is 19.6 Å². The monoisotopic (exact) mass is 378 g/mol. The van der Waals surface area contributed by atoms with E-state index in [1.165, 1.54) is 13.7 Å². The number of hydrogen-bond donors (Lipinski definition) is 0. The molecule has 0 aliphatic rings. The average Bonchev–Trinajstić information content (AvgIpc) is 2.66. The molecule has 1 heterocycles. The van der Waals surface area contributed by atoms with Gasteiger partial charge in [0, 0.05) is 19.6 Å². The molecule has 3 radical (unpaired) electrons. The number of unbranched alkanes of at least 4 members (excludes halogenated alkanes) is 9. The number of nitrogens with zero attached hydrogens (tertiary/aromatic N) is 3. The minimum Gasteiger partial charge on any atom is -0.247 e. The zero-order chi connectivity index (χ0) is 20.1. The Morgan fingerprint density at radius 2 is 0.704 bits per heavy atom. The molecular formula is C21H36N3O3. The van der Waals surface area contributed by atoms with Crippen LogP contribution < -0.4 is 17.1 Å². The highest BCUT2D eigenvalue weighted by atomic mass is 16.2. The maximum Gasteiger partial charge on any atom is 0.336 e. The average molecular weight is 379 g/mol. The molecule has 6 nitrogen and oxygen atoms in total. The molecule has 0 unspecified atom stereocenters. The van der Waals surface area contributed by atoms with Crippen molar-refractivity contribution in [3.8, 4) is 0 Å². The van der Waals surface area contributed by atoms with Gasteiger partial charge in [-0.25, -0.2) is 28.1 Å². The Morgan fingerprint density at radius 3 is 0.926 bits per heavy atom. The first-order chi connectivity index (χ1) is 13.1. The third-order valence-corrected chi connectivity index (χ3v) is 4.78. The van der Waals surface area contributed by atoms with Crippen LogP contribution in [0.3, 0.4) is 0 Å². The standard InChI is InChI=1S/C21H36N3O3/c1-4-7-10-13-16-22-19(25)23(17-14-11-8-5-2)21(27)24(20(22)26)18-15-12-9-6-3/h1-18H2. The zero-order valence-corrected chi connectivity index (χ0v) is 16.8. The lowest BCUT2D eigenvalue weighted by atomic mass is 10.2. The van der Waals surface area contributed by atoms with Gasteiger partial charge in [0.1, 0.15) is 0 Å². The quantitative estimate of drug-likeness (QED) is 0.440. The first-order valence-corrected chi connectivity index (χ1v) is 10.4. The summed E-state index contributed by atoms with van der Waals surface area (Å²) < 4.78 is 3.73. The normalized spacial score (nSPS) is 11.2. The molecule has 6 heteroatoms. The fraction of sp³-hybridized carbons (Fsp3) is 0.714. The van der Waals surface area contributed by atoms with Gasteiger partial charge in [-0.15, -0.1) is 0 Å². The Labute approximate surface area is 163 Å². The highest BCUT2D eigenvalue weighted by Crippen LogP contribution is 2.02. The Bertz CT molecular complexity index is 575.